The number of aromatic nitrogens is 2. The molecule has 1 aromatic heterocycles. The van der Waals surface area contributed by atoms with Gasteiger partial charge >= 0.3 is 0 Å². The Bertz CT molecular complexity index is 594. The zero-order valence-electron chi connectivity index (χ0n) is 10.6. The van der Waals surface area contributed by atoms with Crippen molar-refractivity contribution in [3.8, 4) is 0 Å². The molecule has 0 fully saturated rings. The molecule has 0 aliphatic rings. The lowest BCUT2D eigenvalue weighted by atomic mass is 10.1. The lowest BCUT2D eigenvalue weighted by Crippen LogP contribution is -2.18. The van der Waals surface area contributed by atoms with E-state index in [1.165, 1.54) is 18.2 Å². The number of carbonyl (C=O) groups excluding carboxylic acids is 1. The number of hydrogen-bond donors (Lipinski definition) is 2. The van der Waals surface area contributed by atoms with Crippen molar-refractivity contribution in [2.75, 3.05) is 0 Å². The summed E-state index contributed by atoms with van der Waals surface area (Å²) in [5, 5.41) is 3.08. The minimum Gasteiger partial charge on any atom is -0.366 e. The first-order chi connectivity index (χ1) is 9.08. The molecule has 1 aromatic carbocycles. The molecule has 2 aromatic rings. The molecule has 0 spiro atoms. The molecule has 0 saturated heterocycles. The van der Waals surface area contributed by atoms with Crippen LogP contribution in [0.3, 0.4) is 0 Å². The van der Waals surface area contributed by atoms with Crippen molar-refractivity contribution in [3.05, 3.63) is 53.4 Å². The van der Waals surface area contributed by atoms with E-state index in [0.29, 0.717) is 24.2 Å². The summed E-state index contributed by atoms with van der Waals surface area (Å²) >= 11 is 0. The second-order valence-electron chi connectivity index (χ2n) is 4.23. The number of rotatable bonds is 5. The molecular formula is C13H15FN4O. The number of aryl methyl sites for hydroxylation is 1. The quantitative estimate of drug-likeness (QED) is 0.842. The highest BCUT2D eigenvalue weighted by atomic mass is 19.1. The van der Waals surface area contributed by atoms with Gasteiger partial charge in [-0.3, -0.25) is 4.79 Å². The molecule has 0 saturated carbocycles. The summed E-state index contributed by atoms with van der Waals surface area (Å²) in [6, 6.07) is 4.08. The van der Waals surface area contributed by atoms with Crippen molar-refractivity contribution in [3.63, 3.8) is 0 Å². The summed E-state index contributed by atoms with van der Waals surface area (Å²) in [6.07, 6.45) is 3.54. The average molecular weight is 262 g/mol. The van der Waals surface area contributed by atoms with Gasteiger partial charge < -0.3 is 15.6 Å². The third kappa shape index (κ3) is 3.17. The van der Waals surface area contributed by atoms with Crippen LogP contribution in [0, 0.1) is 5.82 Å². The first kappa shape index (κ1) is 13.2. The van der Waals surface area contributed by atoms with E-state index in [4.69, 9.17) is 5.73 Å². The number of halogens is 1. The zero-order valence-corrected chi connectivity index (χ0v) is 10.6. The Labute approximate surface area is 110 Å². The Hall–Kier alpha value is -2.21. The summed E-state index contributed by atoms with van der Waals surface area (Å²) in [7, 11) is 1.89. The second kappa shape index (κ2) is 5.62. The van der Waals surface area contributed by atoms with Gasteiger partial charge in [-0.05, 0) is 18.2 Å². The lowest BCUT2D eigenvalue weighted by molar-refractivity contribution is 0.1000. The molecule has 2 rings (SSSR count). The van der Waals surface area contributed by atoms with Crippen LogP contribution in [0.5, 0.6) is 0 Å². The van der Waals surface area contributed by atoms with Gasteiger partial charge in [-0.15, -0.1) is 0 Å². The minimum absolute atomic E-state index is 0.301. The summed E-state index contributed by atoms with van der Waals surface area (Å²) in [5.74, 6) is -0.0749. The Balaban J connectivity index is 2.01. The normalized spacial score (nSPS) is 10.6. The van der Waals surface area contributed by atoms with Gasteiger partial charge in [-0.1, -0.05) is 0 Å². The van der Waals surface area contributed by atoms with E-state index < -0.39 is 5.91 Å². The molecular weight excluding hydrogens is 247 g/mol. The Morgan fingerprint density at radius 1 is 1.47 bits per heavy atom. The monoisotopic (exact) mass is 262 g/mol. The van der Waals surface area contributed by atoms with Crippen LogP contribution in [0.2, 0.25) is 0 Å². The molecule has 19 heavy (non-hydrogen) atoms. The van der Waals surface area contributed by atoms with Crippen molar-refractivity contribution in [1.29, 1.82) is 0 Å². The van der Waals surface area contributed by atoms with Crippen molar-refractivity contribution >= 4 is 5.91 Å². The zero-order chi connectivity index (χ0) is 13.8. The number of nitrogens with zero attached hydrogens (tertiary/aromatic N) is 2. The Morgan fingerprint density at radius 3 is 2.89 bits per heavy atom. The molecule has 1 amide bonds. The van der Waals surface area contributed by atoms with Crippen molar-refractivity contribution in [1.82, 2.24) is 14.9 Å². The molecule has 5 nitrogen and oxygen atoms in total. The van der Waals surface area contributed by atoms with Gasteiger partial charge in [0, 0.05) is 37.1 Å². The van der Waals surface area contributed by atoms with Gasteiger partial charge in [0.05, 0.1) is 6.54 Å². The highest BCUT2D eigenvalue weighted by Gasteiger charge is 2.07. The second-order valence-corrected chi connectivity index (χ2v) is 4.23. The summed E-state index contributed by atoms with van der Waals surface area (Å²) in [6.45, 7) is 0.823. The molecule has 0 atom stereocenters. The van der Waals surface area contributed by atoms with Crippen LogP contribution in [-0.2, 0) is 20.1 Å². The maximum atomic E-state index is 13.6. The third-order valence-electron chi connectivity index (χ3n) is 2.85. The van der Waals surface area contributed by atoms with E-state index in [9.17, 15) is 9.18 Å². The van der Waals surface area contributed by atoms with Crippen LogP contribution in [-0.4, -0.2) is 15.5 Å². The number of nitrogens with one attached hydrogen (secondary N) is 1. The largest absolute Gasteiger partial charge is 0.366 e. The van der Waals surface area contributed by atoms with E-state index in [-0.39, 0.29) is 5.82 Å². The van der Waals surface area contributed by atoms with Gasteiger partial charge in [0.25, 0.3) is 0 Å². The van der Waals surface area contributed by atoms with Crippen LogP contribution in [0.1, 0.15) is 21.7 Å². The number of hydrogen-bond acceptors (Lipinski definition) is 3. The van der Waals surface area contributed by atoms with E-state index in [1.54, 1.807) is 6.20 Å². The smallest absolute Gasteiger partial charge is 0.248 e. The van der Waals surface area contributed by atoms with Gasteiger partial charge in [0.2, 0.25) is 5.91 Å². The molecule has 0 aliphatic carbocycles. The van der Waals surface area contributed by atoms with Crippen molar-refractivity contribution in [2.24, 2.45) is 12.8 Å². The predicted octanol–water partition coefficient (Wildman–Crippen LogP) is 0.948. The fourth-order valence-electron chi connectivity index (χ4n) is 1.74. The number of benzene rings is 1. The summed E-state index contributed by atoms with van der Waals surface area (Å²) in [4.78, 5) is 15.2. The predicted molar refractivity (Wildman–Crippen MR) is 68.7 cm³/mol. The van der Waals surface area contributed by atoms with E-state index in [0.717, 1.165) is 5.82 Å². The molecule has 0 radical (unpaired) electrons. The van der Waals surface area contributed by atoms with Crippen molar-refractivity contribution in [2.45, 2.75) is 13.1 Å². The first-order valence-electron chi connectivity index (χ1n) is 5.83. The van der Waals surface area contributed by atoms with Crippen LogP contribution >= 0.6 is 0 Å². The Kier molecular flexibility index (Phi) is 3.91. The molecule has 100 valence electrons. The van der Waals surface area contributed by atoms with Gasteiger partial charge in [-0.2, -0.15) is 0 Å². The number of imidazole rings is 1. The summed E-state index contributed by atoms with van der Waals surface area (Å²) in [5.41, 5.74) is 5.87. The van der Waals surface area contributed by atoms with Crippen LogP contribution < -0.4 is 11.1 Å². The van der Waals surface area contributed by atoms with Crippen LogP contribution in [0.4, 0.5) is 4.39 Å². The van der Waals surface area contributed by atoms with Crippen LogP contribution in [0.15, 0.2) is 30.6 Å². The lowest BCUT2D eigenvalue weighted by Gasteiger charge is -2.07. The molecule has 6 heteroatoms. The minimum atomic E-state index is -0.564. The van der Waals surface area contributed by atoms with E-state index >= 15 is 0 Å². The van der Waals surface area contributed by atoms with E-state index in [2.05, 4.69) is 10.3 Å². The molecule has 0 unspecified atom stereocenters. The maximum absolute atomic E-state index is 13.6. The molecule has 0 bridgehead atoms. The fraction of sp³-hybridized carbons (Fsp3) is 0.231. The Morgan fingerprint density at radius 2 is 2.26 bits per heavy atom. The molecule has 0 aliphatic heterocycles. The highest BCUT2D eigenvalue weighted by molar-refractivity contribution is 5.92. The standard InChI is InChI=1S/C13H15FN4O/c1-18-5-4-17-12(18)8-16-7-10-6-9(13(15)19)2-3-11(10)14/h2-6,16H,7-8H2,1H3,(H2,15,19). The van der Waals surface area contributed by atoms with Crippen molar-refractivity contribution < 1.29 is 9.18 Å². The maximum Gasteiger partial charge on any atom is 0.248 e. The summed E-state index contributed by atoms with van der Waals surface area (Å²) < 4.78 is 15.4. The van der Waals surface area contributed by atoms with Gasteiger partial charge in [0.15, 0.2) is 0 Å². The number of carbonyl (C=O) groups is 1. The van der Waals surface area contributed by atoms with Gasteiger partial charge in [-0.25, -0.2) is 9.37 Å². The molecule has 1 heterocycles. The highest BCUT2D eigenvalue weighted by Crippen LogP contribution is 2.10. The topological polar surface area (TPSA) is 72.9 Å². The first-order valence-corrected chi connectivity index (χ1v) is 5.83. The average Bonchev–Trinajstić information content (AvgIpc) is 2.77. The SMILES string of the molecule is Cn1ccnc1CNCc1cc(C(N)=O)ccc1F. The molecule has 3 N–H and O–H groups in total. The van der Waals surface area contributed by atoms with Gasteiger partial charge in [0.1, 0.15) is 11.6 Å². The number of amides is 1. The third-order valence-corrected chi connectivity index (χ3v) is 2.85. The number of primary amides is 1. The van der Waals surface area contributed by atoms with E-state index in [1.807, 2.05) is 17.8 Å². The fourth-order valence-corrected chi connectivity index (χ4v) is 1.74. The number of nitrogens with two attached hydrogens (primary N) is 1. The van der Waals surface area contributed by atoms with Crippen LogP contribution in [0.25, 0.3) is 0 Å².